The molecule has 4 heteroatoms. The number of carboxylic acid groups (broad SMARTS) is 1. The number of benzene rings is 1. The van der Waals surface area contributed by atoms with Crippen LogP contribution < -0.4 is 11.5 Å². The second-order valence-corrected chi connectivity index (χ2v) is 4.02. The van der Waals surface area contributed by atoms with E-state index in [1.165, 1.54) is 0 Å². The minimum atomic E-state index is -0.907. The maximum atomic E-state index is 11.3. The van der Waals surface area contributed by atoms with Crippen LogP contribution in [-0.4, -0.2) is 17.6 Å². The van der Waals surface area contributed by atoms with E-state index in [4.69, 9.17) is 11.5 Å². The monoisotopic (exact) mass is 222 g/mol. The van der Waals surface area contributed by atoms with Crippen molar-refractivity contribution in [2.75, 3.05) is 12.3 Å². The van der Waals surface area contributed by atoms with Gasteiger partial charge in [-0.2, -0.15) is 0 Å². The molecule has 0 saturated carbocycles. The maximum absolute atomic E-state index is 11.3. The van der Waals surface area contributed by atoms with Gasteiger partial charge in [0, 0.05) is 12.2 Å². The highest BCUT2D eigenvalue weighted by Gasteiger charge is 2.35. The summed E-state index contributed by atoms with van der Waals surface area (Å²) in [6, 6.07) is 7.30. The number of nitrogens with two attached hydrogens (primary N) is 2. The molecule has 1 aromatic rings. The molecule has 0 aromatic heterocycles. The topological polar surface area (TPSA) is 89.3 Å². The van der Waals surface area contributed by atoms with Gasteiger partial charge in [0.2, 0.25) is 0 Å². The van der Waals surface area contributed by atoms with Crippen LogP contribution in [0.4, 0.5) is 5.69 Å². The molecular formula is C12H18N2O2. The Hall–Kier alpha value is -1.55. The zero-order valence-corrected chi connectivity index (χ0v) is 9.44. The number of carbonyl (C=O) groups is 1. The summed E-state index contributed by atoms with van der Waals surface area (Å²) in [4.78, 5) is 11.3. The highest BCUT2D eigenvalue weighted by Crippen LogP contribution is 2.28. The lowest BCUT2D eigenvalue weighted by atomic mass is 9.79. The lowest BCUT2D eigenvalue weighted by molar-refractivity contribution is -0.148. The van der Waals surface area contributed by atoms with Crippen molar-refractivity contribution in [3.63, 3.8) is 0 Å². The van der Waals surface area contributed by atoms with Crippen molar-refractivity contribution in [2.24, 2.45) is 11.1 Å². The minimum absolute atomic E-state index is 0.118. The van der Waals surface area contributed by atoms with Crippen LogP contribution in [0.1, 0.15) is 18.9 Å². The summed E-state index contributed by atoms with van der Waals surface area (Å²) >= 11 is 0. The molecule has 1 rings (SSSR count). The smallest absolute Gasteiger partial charge is 0.311 e. The van der Waals surface area contributed by atoms with Gasteiger partial charge in [-0.25, -0.2) is 0 Å². The normalized spacial score (nSPS) is 14.4. The number of carboxylic acids is 1. The molecule has 0 spiro atoms. The van der Waals surface area contributed by atoms with E-state index in [-0.39, 0.29) is 6.54 Å². The quantitative estimate of drug-likeness (QED) is 0.654. The zero-order valence-electron chi connectivity index (χ0n) is 9.44. The third-order valence-electron chi connectivity index (χ3n) is 3.11. The number of rotatable bonds is 5. The molecule has 0 bridgehead atoms. The van der Waals surface area contributed by atoms with Crippen LogP contribution in [0.5, 0.6) is 0 Å². The number of nitrogen functional groups attached to an aromatic ring is 1. The van der Waals surface area contributed by atoms with Crippen LogP contribution in [0.25, 0.3) is 0 Å². The van der Waals surface area contributed by atoms with E-state index in [9.17, 15) is 9.90 Å². The third-order valence-corrected chi connectivity index (χ3v) is 3.11. The van der Waals surface area contributed by atoms with Gasteiger partial charge in [0.1, 0.15) is 0 Å². The van der Waals surface area contributed by atoms with Crippen molar-refractivity contribution in [2.45, 2.75) is 19.8 Å². The Labute approximate surface area is 95.3 Å². The predicted octanol–water partition coefficient (Wildman–Crippen LogP) is 1.25. The molecule has 1 aromatic carbocycles. The molecule has 0 fully saturated rings. The third kappa shape index (κ3) is 2.33. The maximum Gasteiger partial charge on any atom is 0.311 e. The van der Waals surface area contributed by atoms with Crippen LogP contribution in [0.2, 0.25) is 0 Å². The fourth-order valence-electron chi connectivity index (χ4n) is 1.72. The Bertz CT molecular complexity index is 373. The number of anilines is 1. The van der Waals surface area contributed by atoms with Crippen molar-refractivity contribution in [3.05, 3.63) is 29.8 Å². The molecule has 0 radical (unpaired) electrons. The lowest BCUT2D eigenvalue weighted by Gasteiger charge is -2.26. The van der Waals surface area contributed by atoms with E-state index < -0.39 is 11.4 Å². The summed E-state index contributed by atoms with van der Waals surface area (Å²) in [5.74, 6) is -0.860. The molecule has 0 aliphatic heterocycles. The van der Waals surface area contributed by atoms with Crippen molar-refractivity contribution >= 4 is 11.7 Å². The Kier molecular flexibility index (Phi) is 3.90. The molecule has 1 atom stereocenters. The molecule has 0 saturated heterocycles. The summed E-state index contributed by atoms with van der Waals surface area (Å²) in [5.41, 5.74) is 12.0. The first-order valence-electron chi connectivity index (χ1n) is 5.32. The van der Waals surface area contributed by atoms with Crippen LogP contribution >= 0.6 is 0 Å². The van der Waals surface area contributed by atoms with E-state index in [2.05, 4.69) is 0 Å². The van der Waals surface area contributed by atoms with Gasteiger partial charge in [0.15, 0.2) is 0 Å². The second-order valence-electron chi connectivity index (χ2n) is 4.02. The standard InChI is InChI=1S/C12H18N2O2/c1-2-12(8-13,11(15)16)7-9-5-3-4-6-10(9)14/h3-6H,2,7-8,13-14H2,1H3,(H,15,16). The minimum Gasteiger partial charge on any atom is -0.481 e. The summed E-state index contributed by atoms with van der Waals surface area (Å²) in [5, 5.41) is 9.26. The van der Waals surface area contributed by atoms with E-state index in [1.54, 1.807) is 6.07 Å². The molecule has 88 valence electrons. The average Bonchev–Trinajstić information content (AvgIpc) is 2.28. The lowest BCUT2D eigenvalue weighted by Crippen LogP contribution is -2.40. The molecule has 0 aliphatic carbocycles. The van der Waals surface area contributed by atoms with E-state index in [1.807, 2.05) is 25.1 Å². The van der Waals surface area contributed by atoms with Gasteiger partial charge in [0.25, 0.3) is 0 Å². The number of hydrogen-bond donors (Lipinski definition) is 3. The van der Waals surface area contributed by atoms with Crippen molar-refractivity contribution in [3.8, 4) is 0 Å². The Morgan fingerprint density at radius 3 is 2.50 bits per heavy atom. The number of aliphatic carboxylic acids is 1. The second kappa shape index (κ2) is 4.99. The average molecular weight is 222 g/mol. The van der Waals surface area contributed by atoms with Gasteiger partial charge in [-0.3, -0.25) is 4.79 Å². The van der Waals surface area contributed by atoms with Crippen molar-refractivity contribution in [1.82, 2.24) is 0 Å². The molecular weight excluding hydrogens is 204 g/mol. The SMILES string of the molecule is CCC(CN)(Cc1ccccc1N)C(=O)O. The largest absolute Gasteiger partial charge is 0.481 e. The molecule has 5 N–H and O–H groups in total. The van der Waals surface area contributed by atoms with E-state index >= 15 is 0 Å². The van der Waals surface area contributed by atoms with Gasteiger partial charge in [0.05, 0.1) is 5.41 Å². The fourth-order valence-corrected chi connectivity index (χ4v) is 1.72. The Morgan fingerprint density at radius 2 is 2.06 bits per heavy atom. The zero-order chi connectivity index (χ0) is 12.2. The van der Waals surface area contributed by atoms with E-state index in [0.717, 1.165) is 5.56 Å². The molecule has 0 aliphatic rings. The summed E-state index contributed by atoms with van der Waals surface area (Å²) in [7, 11) is 0. The Morgan fingerprint density at radius 1 is 1.44 bits per heavy atom. The molecule has 4 nitrogen and oxygen atoms in total. The number of para-hydroxylation sites is 1. The first-order valence-corrected chi connectivity index (χ1v) is 5.32. The molecule has 0 heterocycles. The first kappa shape index (κ1) is 12.5. The van der Waals surface area contributed by atoms with Gasteiger partial charge in [-0.15, -0.1) is 0 Å². The number of hydrogen-bond acceptors (Lipinski definition) is 3. The first-order chi connectivity index (χ1) is 7.55. The Balaban J connectivity index is 3.01. The highest BCUT2D eigenvalue weighted by molar-refractivity contribution is 5.75. The van der Waals surface area contributed by atoms with Gasteiger partial charge >= 0.3 is 5.97 Å². The van der Waals surface area contributed by atoms with Gasteiger partial charge < -0.3 is 16.6 Å². The molecule has 1 unspecified atom stereocenters. The summed E-state index contributed by atoms with van der Waals surface area (Å²) < 4.78 is 0. The van der Waals surface area contributed by atoms with Crippen LogP contribution in [0.15, 0.2) is 24.3 Å². The van der Waals surface area contributed by atoms with Crippen LogP contribution in [0, 0.1) is 5.41 Å². The van der Waals surface area contributed by atoms with Crippen LogP contribution in [-0.2, 0) is 11.2 Å². The predicted molar refractivity (Wildman–Crippen MR) is 64.0 cm³/mol. The summed E-state index contributed by atoms with van der Waals surface area (Å²) in [6.45, 7) is 1.95. The van der Waals surface area contributed by atoms with Crippen molar-refractivity contribution < 1.29 is 9.90 Å². The fraction of sp³-hybridized carbons (Fsp3) is 0.417. The van der Waals surface area contributed by atoms with Crippen molar-refractivity contribution in [1.29, 1.82) is 0 Å². The molecule has 0 amide bonds. The summed E-state index contributed by atoms with van der Waals surface area (Å²) in [6.07, 6.45) is 0.870. The molecule has 16 heavy (non-hydrogen) atoms. The highest BCUT2D eigenvalue weighted by atomic mass is 16.4. The van der Waals surface area contributed by atoms with E-state index in [0.29, 0.717) is 18.5 Å². The van der Waals surface area contributed by atoms with Gasteiger partial charge in [-0.05, 0) is 24.5 Å². The van der Waals surface area contributed by atoms with Gasteiger partial charge in [-0.1, -0.05) is 25.1 Å². The van der Waals surface area contributed by atoms with Crippen LogP contribution in [0.3, 0.4) is 0 Å².